The number of rotatable bonds is 4. The number of hydrogen-bond donors (Lipinski definition) is 1. The van der Waals surface area contributed by atoms with Crippen molar-refractivity contribution in [3.05, 3.63) is 49.0 Å². The van der Waals surface area contributed by atoms with Crippen LogP contribution in [0.3, 0.4) is 0 Å². The maximum Gasteiger partial charge on any atom is 0.148 e. The Balaban J connectivity index is 2.26. The van der Waals surface area contributed by atoms with Gasteiger partial charge < -0.3 is 10.5 Å². The minimum absolute atomic E-state index is 0.155. The predicted molar refractivity (Wildman–Crippen MR) is 85.5 cm³/mol. The van der Waals surface area contributed by atoms with Crippen LogP contribution >= 0.6 is 50.5 Å². The Morgan fingerprint density at radius 1 is 1.32 bits per heavy atom. The van der Waals surface area contributed by atoms with Crippen LogP contribution in [0.4, 0.5) is 0 Å². The number of hydrogen-bond acceptors (Lipinski definition) is 3. The van der Waals surface area contributed by atoms with Gasteiger partial charge in [-0.1, -0.05) is 23.2 Å². The summed E-state index contributed by atoms with van der Waals surface area (Å²) in [5.74, 6) is 0.581. The summed E-state index contributed by atoms with van der Waals surface area (Å²) in [6.45, 7) is 1.90. The second kappa shape index (κ2) is 6.46. The molecule has 0 radical (unpaired) electrons. The molecule has 2 rings (SSSR count). The Hall–Kier alpha value is -0.260. The summed E-state index contributed by atoms with van der Waals surface area (Å²) < 4.78 is 6.95. The van der Waals surface area contributed by atoms with Gasteiger partial charge in [0.05, 0.1) is 5.02 Å². The van der Waals surface area contributed by atoms with Gasteiger partial charge in [0, 0.05) is 25.8 Å². The normalized spacial score (nSPS) is 14.2. The van der Waals surface area contributed by atoms with Crippen LogP contribution in [-0.4, -0.2) is 6.04 Å². The third kappa shape index (κ3) is 3.86. The second-order valence-electron chi connectivity index (χ2n) is 4.14. The lowest BCUT2D eigenvalue weighted by Gasteiger charge is -2.22. The van der Waals surface area contributed by atoms with Crippen LogP contribution in [0.25, 0.3) is 0 Å². The van der Waals surface area contributed by atoms with Gasteiger partial charge in [0.25, 0.3) is 0 Å². The molecule has 2 nitrogen and oxygen atoms in total. The zero-order valence-electron chi connectivity index (χ0n) is 10.1. The summed E-state index contributed by atoms with van der Waals surface area (Å²) in [6.07, 6.45) is -0.241. The Morgan fingerprint density at radius 3 is 2.58 bits per heavy atom. The van der Waals surface area contributed by atoms with Crippen molar-refractivity contribution in [3.8, 4) is 5.75 Å². The van der Waals surface area contributed by atoms with Crippen LogP contribution in [0.15, 0.2) is 34.1 Å². The van der Waals surface area contributed by atoms with Gasteiger partial charge in [-0.15, -0.1) is 11.3 Å². The highest BCUT2D eigenvalue weighted by molar-refractivity contribution is 9.10. The summed E-state index contributed by atoms with van der Waals surface area (Å²) in [5, 5.41) is 3.06. The maximum absolute atomic E-state index is 6.11. The predicted octanol–water partition coefficient (Wildman–Crippen LogP) is 5.28. The van der Waals surface area contributed by atoms with Crippen molar-refractivity contribution in [2.45, 2.75) is 19.1 Å². The first-order chi connectivity index (χ1) is 8.97. The Labute approximate surface area is 134 Å². The summed E-state index contributed by atoms with van der Waals surface area (Å²) in [4.78, 5) is 1.05. The molecular formula is C13H12BrCl2NOS. The lowest BCUT2D eigenvalue weighted by molar-refractivity contribution is 0.184. The average Bonchev–Trinajstić information content (AvgIpc) is 2.74. The van der Waals surface area contributed by atoms with E-state index in [2.05, 4.69) is 15.9 Å². The second-order valence-corrected chi connectivity index (χ2v) is 6.84. The molecule has 0 aliphatic carbocycles. The fourth-order valence-corrected chi connectivity index (χ4v) is 3.65. The average molecular weight is 381 g/mol. The monoisotopic (exact) mass is 379 g/mol. The van der Waals surface area contributed by atoms with Gasteiger partial charge >= 0.3 is 0 Å². The molecule has 1 heterocycles. The van der Waals surface area contributed by atoms with Gasteiger partial charge in [-0.3, -0.25) is 0 Å². The molecule has 102 valence electrons. The highest BCUT2D eigenvalue weighted by Gasteiger charge is 2.21. The number of halogens is 3. The van der Waals surface area contributed by atoms with E-state index in [9.17, 15) is 0 Å². The first-order valence-corrected chi connectivity index (χ1v) is 8.01. The molecule has 0 aliphatic heterocycles. The van der Waals surface area contributed by atoms with Crippen molar-refractivity contribution in [2.24, 2.45) is 5.73 Å². The zero-order valence-corrected chi connectivity index (χ0v) is 14.0. The lowest BCUT2D eigenvalue weighted by atomic mass is 10.1. The van der Waals surface area contributed by atoms with Gasteiger partial charge in [-0.2, -0.15) is 0 Å². The fourth-order valence-electron chi connectivity index (χ4n) is 1.61. The number of benzene rings is 1. The van der Waals surface area contributed by atoms with Crippen LogP contribution in [0.1, 0.15) is 17.9 Å². The molecule has 1 aromatic heterocycles. The molecule has 0 saturated heterocycles. The van der Waals surface area contributed by atoms with E-state index in [0.29, 0.717) is 15.8 Å². The molecule has 2 unspecified atom stereocenters. The van der Waals surface area contributed by atoms with Crippen molar-refractivity contribution in [3.63, 3.8) is 0 Å². The van der Waals surface area contributed by atoms with Gasteiger partial charge in [0.2, 0.25) is 0 Å². The van der Waals surface area contributed by atoms with E-state index in [1.54, 1.807) is 29.5 Å². The molecule has 2 atom stereocenters. The number of thiophene rings is 1. The maximum atomic E-state index is 6.11. The molecule has 1 aromatic carbocycles. The zero-order chi connectivity index (χ0) is 14.0. The van der Waals surface area contributed by atoms with Crippen LogP contribution < -0.4 is 10.5 Å². The van der Waals surface area contributed by atoms with Crippen molar-refractivity contribution < 1.29 is 4.74 Å². The molecule has 0 saturated carbocycles. The van der Waals surface area contributed by atoms with Crippen LogP contribution in [0, 0.1) is 0 Å². The smallest absolute Gasteiger partial charge is 0.148 e. The molecular weight excluding hydrogens is 369 g/mol. The molecule has 6 heteroatoms. The van der Waals surface area contributed by atoms with Gasteiger partial charge in [-0.25, -0.2) is 0 Å². The summed E-state index contributed by atoms with van der Waals surface area (Å²) >= 11 is 17.0. The van der Waals surface area contributed by atoms with Crippen LogP contribution in [-0.2, 0) is 0 Å². The Bertz CT molecular complexity index is 574. The minimum atomic E-state index is -0.241. The van der Waals surface area contributed by atoms with Crippen LogP contribution in [0.2, 0.25) is 10.0 Å². The molecule has 19 heavy (non-hydrogen) atoms. The molecule has 0 aliphatic rings. The number of ether oxygens (including phenoxy) is 1. The van der Waals surface area contributed by atoms with E-state index in [4.69, 9.17) is 33.7 Å². The lowest BCUT2D eigenvalue weighted by Crippen LogP contribution is -2.28. The van der Waals surface area contributed by atoms with E-state index < -0.39 is 0 Å². The SMILES string of the molecule is CC(N)C(Oc1ccc(Cl)cc1Cl)c1cc(Br)cs1. The Kier molecular flexibility index (Phi) is 5.15. The molecule has 2 N–H and O–H groups in total. The van der Waals surface area contributed by atoms with Crippen molar-refractivity contribution in [2.75, 3.05) is 0 Å². The first-order valence-electron chi connectivity index (χ1n) is 5.58. The third-order valence-electron chi connectivity index (χ3n) is 2.49. The molecule has 0 bridgehead atoms. The van der Waals surface area contributed by atoms with E-state index in [0.717, 1.165) is 9.35 Å². The van der Waals surface area contributed by atoms with Crippen molar-refractivity contribution in [1.29, 1.82) is 0 Å². The highest BCUT2D eigenvalue weighted by Crippen LogP contribution is 2.35. The molecule has 0 amide bonds. The van der Waals surface area contributed by atoms with Crippen molar-refractivity contribution >= 4 is 50.5 Å². The van der Waals surface area contributed by atoms with E-state index in [1.165, 1.54) is 0 Å². The first kappa shape index (κ1) is 15.1. The standard InChI is InChI=1S/C13H12BrCl2NOS/c1-7(17)13(12-4-8(14)6-19-12)18-11-3-2-9(15)5-10(11)16/h2-7,13H,17H2,1H3. The highest BCUT2D eigenvalue weighted by atomic mass is 79.9. The largest absolute Gasteiger partial charge is 0.482 e. The van der Waals surface area contributed by atoms with Gasteiger partial charge in [0.1, 0.15) is 11.9 Å². The minimum Gasteiger partial charge on any atom is -0.482 e. The third-order valence-corrected chi connectivity index (χ3v) is 4.78. The quantitative estimate of drug-likeness (QED) is 0.782. The summed E-state index contributed by atoms with van der Waals surface area (Å²) in [5.41, 5.74) is 6.00. The Morgan fingerprint density at radius 2 is 2.05 bits per heavy atom. The van der Waals surface area contributed by atoms with Gasteiger partial charge in [-0.05, 0) is 47.1 Å². The van der Waals surface area contributed by atoms with Gasteiger partial charge in [0.15, 0.2) is 0 Å². The van der Waals surface area contributed by atoms with E-state index in [1.807, 2.05) is 18.4 Å². The van der Waals surface area contributed by atoms with Crippen molar-refractivity contribution in [1.82, 2.24) is 0 Å². The molecule has 0 fully saturated rings. The fraction of sp³-hybridized carbons (Fsp3) is 0.231. The summed E-state index contributed by atoms with van der Waals surface area (Å²) in [7, 11) is 0. The van der Waals surface area contributed by atoms with E-state index >= 15 is 0 Å². The summed E-state index contributed by atoms with van der Waals surface area (Å²) in [6, 6.07) is 7.00. The number of nitrogens with two attached hydrogens (primary N) is 1. The van der Waals surface area contributed by atoms with E-state index in [-0.39, 0.29) is 12.1 Å². The van der Waals surface area contributed by atoms with Crippen LogP contribution in [0.5, 0.6) is 5.75 Å². The topological polar surface area (TPSA) is 35.2 Å². The molecule has 0 spiro atoms. The molecule has 2 aromatic rings.